The highest BCUT2D eigenvalue weighted by molar-refractivity contribution is 5.79. The molecule has 0 aliphatic carbocycles. The molecule has 1 N–H and O–H groups in total. The molecule has 1 aromatic rings. The number of hydrogen-bond acceptors (Lipinski definition) is 3. The summed E-state index contributed by atoms with van der Waals surface area (Å²) in [6, 6.07) is 8.00. The molecule has 1 atom stereocenters. The number of benzene rings is 1. The Morgan fingerprint density at radius 3 is 2.95 bits per heavy atom. The van der Waals surface area contributed by atoms with Crippen molar-refractivity contribution in [3.63, 3.8) is 0 Å². The van der Waals surface area contributed by atoms with Gasteiger partial charge in [-0.25, -0.2) is 0 Å². The van der Waals surface area contributed by atoms with Crippen LogP contribution in [0.5, 0.6) is 5.75 Å². The van der Waals surface area contributed by atoms with Crippen LogP contribution in [-0.4, -0.2) is 44.1 Å². The summed E-state index contributed by atoms with van der Waals surface area (Å²) in [5.41, 5.74) is 1.15. The van der Waals surface area contributed by atoms with Gasteiger partial charge < -0.3 is 15.0 Å². The van der Waals surface area contributed by atoms with E-state index in [4.69, 9.17) is 4.74 Å². The summed E-state index contributed by atoms with van der Waals surface area (Å²) in [6.45, 7) is 5.22. The van der Waals surface area contributed by atoms with Crippen molar-refractivity contribution in [3.05, 3.63) is 29.8 Å². The molecule has 0 spiro atoms. The van der Waals surface area contributed by atoms with Crippen LogP contribution in [0.3, 0.4) is 0 Å². The van der Waals surface area contributed by atoms with E-state index in [-0.39, 0.29) is 11.8 Å². The van der Waals surface area contributed by atoms with E-state index in [0.29, 0.717) is 6.61 Å². The average molecular weight is 276 g/mol. The van der Waals surface area contributed by atoms with Crippen molar-refractivity contribution in [1.82, 2.24) is 10.2 Å². The predicted molar refractivity (Wildman–Crippen MR) is 79.9 cm³/mol. The molecule has 20 heavy (non-hydrogen) atoms. The number of amides is 1. The third kappa shape index (κ3) is 3.97. The molecule has 1 aliphatic heterocycles. The molecule has 0 radical (unpaired) electrons. The van der Waals surface area contributed by atoms with Gasteiger partial charge in [0.1, 0.15) is 5.75 Å². The van der Waals surface area contributed by atoms with E-state index in [9.17, 15) is 4.79 Å². The lowest BCUT2D eigenvalue weighted by Gasteiger charge is -2.20. The van der Waals surface area contributed by atoms with Gasteiger partial charge in [0.05, 0.1) is 12.5 Å². The molecule has 2 rings (SSSR count). The van der Waals surface area contributed by atoms with Gasteiger partial charge in [0.25, 0.3) is 0 Å². The van der Waals surface area contributed by atoms with Crippen molar-refractivity contribution in [3.8, 4) is 5.75 Å². The van der Waals surface area contributed by atoms with Crippen LogP contribution in [0.1, 0.15) is 18.4 Å². The average Bonchev–Trinajstić information content (AvgIpc) is 2.98. The summed E-state index contributed by atoms with van der Waals surface area (Å²) in [5, 5.41) is 3.23. The van der Waals surface area contributed by atoms with Crippen molar-refractivity contribution < 1.29 is 9.53 Å². The highest BCUT2D eigenvalue weighted by Gasteiger charge is 2.24. The van der Waals surface area contributed by atoms with E-state index >= 15 is 0 Å². The molecular formula is C16H24N2O2. The zero-order chi connectivity index (χ0) is 14.4. The molecule has 1 heterocycles. The zero-order valence-electron chi connectivity index (χ0n) is 12.4. The molecule has 4 heteroatoms. The minimum atomic E-state index is 0.164. The van der Waals surface area contributed by atoms with E-state index in [0.717, 1.165) is 43.8 Å². The highest BCUT2D eigenvalue weighted by Crippen LogP contribution is 2.16. The first-order chi connectivity index (χ1) is 9.68. The van der Waals surface area contributed by atoms with Crippen LogP contribution >= 0.6 is 0 Å². The molecule has 0 saturated carbocycles. The van der Waals surface area contributed by atoms with Crippen LogP contribution in [0.4, 0.5) is 0 Å². The second-order valence-corrected chi connectivity index (χ2v) is 5.42. The fourth-order valence-electron chi connectivity index (χ4n) is 2.49. The number of ether oxygens (including phenoxy) is 1. The summed E-state index contributed by atoms with van der Waals surface area (Å²) in [4.78, 5) is 13.9. The van der Waals surface area contributed by atoms with Crippen LogP contribution in [0.15, 0.2) is 24.3 Å². The molecule has 1 unspecified atom stereocenters. The van der Waals surface area contributed by atoms with Gasteiger partial charge in [-0.15, -0.1) is 0 Å². The number of aryl methyl sites for hydroxylation is 1. The normalized spacial score (nSPS) is 18.0. The smallest absolute Gasteiger partial charge is 0.226 e. The van der Waals surface area contributed by atoms with Gasteiger partial charge in [-0.05, 0) is 37.9 Å². The topological polar surface area (TPSA) is 41.6 Å². The highest BCUT2D eigenvalue weighted by atomic mass is 16.5. The van der Waals surface area contributed by atoms with Crippen molar-refractivity contribution in [2.45, 2.75) is 19.8 Å². The van der Waals surface area contributed by atoms with E-state index in [1.165, 1.54) is 0 Å². The van der Waals surface area contributed by atoms with Gasteiger partial charge in [-0.3, -0.25) is 4.79 Å². The summed E-state index contributed by atoms with van der Waals surface area (Å²) in [5.74, 6) is 1.35. The fraction of sp³-hybridized carbons (Fsp3) is 0.562. The molecule has 110 valence electrons. The Labute approximate surface area is 121 Å². The fourth-order valence-corrected chi connectivity index (χ4v) is 2.49. The number of nitrogens with one attached hydrogen (secondary N) is 1. The summed E-state index contributed by atoms with van der Waals surface area (Å²) in [6.07, 6.45) is 1.82. The van der Waals surface area contributed by atoms with Crippen molar-refractivity contribution >= 4 is 5.91 Å². The first kappa shape index (κ1) is 14.9. The van der Waals surface area contributed by atoms with E-state index < -0.39 is 0 Å². The quantitative estimate of drug-likeness (QED) is 0.806. The lowest BCUT2D eigenvalue weighted by atomic mass is 10.1. The second-order valence-electron chi connectivity index (χ2n) is 5.42. The Balaban J connectivity index is 1.68. The Kier molecular flexibility index (Phi) is 5.41. The van der Waals surface area contributed by atoms with Gasteiger partial charge in [0.15, 0.2) is 0 Å². The third-order valence-corrected chi connectivity index (χ3v) is 3.77. The third-order valence-electron chi connectivity index (χ3n) is 3.77. The van der Waals surface area contributed by atoms with Crippen LogP contribution in [-0.2, 0) is 4.79 Å². The van der Waals surface area contributed by atoms with Gasteiger partial charge in [-0.1, -0.05) is 18.2 Å². The monoisotopic (exact) mass is 276 g/mol. The SMILES string of the molecule is Cc1ccccc1OCCCN(C)C(=O)C1CCNC1. The van der Waals surface area contributed by atoms with E-state index in [1.807, 2.05) is 43.1 Å². The lowest BCUT2D eigenvalue weighted by molar-refractivity contribution is -0.133. The van der Waals surface area contributed by atoms with Gasteiger partial charge in [0.2, 0.25) is 5.91 Å². The molecular weight excluding hydrogens is 252 g/mol. The van der Waals surface area contributed by atoms with Gasteiger partial charge in [-0.2, -0.15) is 0 Å². The summed E-state index contributed by atoms with van der Waals surface area (Å²) < 4.78 is 5.74. The first-order valence-corrected chi connectivity index (χ1v) is 7.32. The molecule has 0 bridgehead atoms. The molecule has 4 nitrogen and oxygen atoms in total. The Bertz CT molecular complexity index is 442. The first-order valence-electron chi connectivity index (χ1n) is 7.32. The maximum Gasteiger partial charge on any atom is 0.226 e. The Hall–Kier alpha value is -1.55. The second kappa shape index (κ2) is 7.29. The van der Waals surface area contributed by atoms with Crippen LogP contribution in [0.2, 0.25) is 0 Å². The van der Waals surface area contributed by atoms with Crippen LogP contribution in [0, 0.1) is 12.8 Å². The summed E-state index contributed by atoms with van der Waals surface area (Å²) >= 11 is 0. The molecule has 1 amide bonds. The number of rotatable bonds is 6. The van der Waals surface area contributed by atoms with E-state index in [2.05, 4.69) is 5.32 Å². The van der Waals surface area contributed by atoms with Gasteiger partial charge in [0, 0.05) is 20.1 Å². The van der Waals surface area contributed by atoms with Gasteiger partial charge >= 0.3 is 0 Å². The Morgan fingerprint density at radius 1 is 1.45 bits per heavy atom. The van der Waals surface area contributed by atoms with Crippen molar-refractivity contribution in [2.75, 3.05) is 33.3 Å². The van der Waals surface area contributed by atoms with Crippen LogP contribution < -0.4 is 10.1 Å². The molecule has 1 saturated heterocycles. The minimum Gasteiger partial charge on any atom is -0.493 e. The molecule has 1 fully saturated rings. The lowest BCUT2D eigenvalue weighted by Crippen LogP contribution is -2.35. The van der Waals surface area contributed by atoms with Crippen molar-refractivity contribution in [1.29, 1.82) is 0 Å². The molecule has 0 aromatic heterocycles. The predicted octanol–water partition coefficient (Wildman–Crippen LogP) is 1.83. The minimum absolute atomic E-state index is 0.164. The number of nitrogens with zero attached hydrogens (tertiary/aromatic N) is 1. The zero-order valence-corrected chi connectivity index (χ0v) is 12.4. The molecule has 1 aromatic carbocycles. The largest absolute Gasteiger partial charge is 0.493 e. The standard InChI is InChI=1S/C16H24N2O2/c1-13-6-3-4-7-15(13)20-11-5-10-18(2)16(19)14-8-9-17-12-14/h3-4,6-7,14,17H,5,8-12H2,1-2H3. The maximum absolute atomic E-state index is 12.1. The van der Waals surface area contributed by atoms with Crippen molar-refractivity contribution in [2.24, 2.45) is 5.92 Å². The number of carbonyl (C=O) groups excluding carboxylic acids is 1. The number of hydrogen-bond donors (Lipinski definition) is 1. The summed E-state index contributed by atoms with van der Waals surface area (Å²) in [7, 11) is 1.88. The van der Waals surface area contributed by atoms with E-state index in [1.54, 1.807) is 0 Å². The Morgan fingerprint density at radius 2 is 2.25 bits per heavy atom. The molecule has 1 aliphatic rings. The maximum atomic E-state index is 12.1. The van der Waals surface area contributed by atoms with Crippen LogP contribution in [0.25, 0.3) is 0 Å². The number of carbonyl (C=O) groups is 1. The number of para-hydroxylation sites is 1.